The number of hydrogen-bond donors (Lipinski definition) is 2. The van der Waals surface area contributed by atoms with Crippen molar-refractivity contribution in [1.82, 2.24) is 15.3 Å². The van der Waals surface area contributed by atoms with E-state index in [0.717, 1.165) is 13.0 Å². The van der Waals surface area contributed by atoms with Crippen molar-refractivity contribution in [3.05, 3.63) is 18.0 Å². The summed E-state index contributed by atoms with van der Waals surface area (Å²) in [6.07, 6.45) is 2.46. The van der Waals surface area contributed by atoms with E-state index in [-0.39, 0.29) is 17.4 Å². The van der Waals surface area contributed by atoms with Gasteiger partial charge in [-0.3, -0.25) is 4.79 Å². The molecular formula is C10H13N5OS. The molecule has 6 nitrogen and oxygen atoms in total. The molecule has 7 heteroatoms. The van der Waals surface area contributed by atoms with Crippen molar-refractivity contribution >= 4 is 29.1 Å². The van der Waals surface area contributed by atoms with Crippen molar-refractivity contribution in [2.75, 3.05) is 24.5 Å². The van der Waals surface area contributed by atoms with Crippen LogP contribution >= 0.6 is 12.2 Å². The molecule has 2 heterocycles. The highest BCUT2D eigenvalue weighted by atomic mass is 32.1. The average molecular weight is 251 g/mol. The molecule has 0 spiro atoms. The van der Waals surface area contributed by atoms with Crippen LogP contribution in [0.1, 0.15) is 12.1 Å². The number of rotatable bonds is 2. The zero-order valence-electron chi connectivity index (χ0n) is 9.22. The molecule has 0 aromatic carbocycles. The predicted octanol–water partition coefficient (Wildman–Crippen LogP) is -0.563. The lowest BCUT2D eigenvalue weighted by Gasteiger charge is -2.18. The summed E-state index contributed by atoms with van der Waals surface area (Å²) in [5.74, 6) is 0.471. The maximum Gasteiger partial charge on any atom is 0.239 e. The Hall–Kier alpha value is -1.76. The minimum atomic E-state index is -0.0215. The normalized spacial score (nSPS) is 16.2. The van der Waals surface area contributed by atoms with Gasteiger partial charge in [0.2, 0.25) is 11.9 Å². The number of carbonyl (C=O) groups is 1. The number of aromatic nitrogens is 2. The van der Waals surface area contributed by atoms with Gasteiger partial charge in [0.25, 0.3) is 0 Å². The molecule has 1 aromatic rings. The summed E-state index contributed by atoms with van der Waals surface area (Å²) in [4.78, 5) is 21.9. The van der Waals surface area contributed by atoms with Gasteiger partial charge in [0.15, 0.2) is 0 Å². The van der Waals surface area contributed by atoms with Crippen molar-refractivity contribution in [3.63, 3.8) is 0 Å². The number of nitrogens with zero attached hydrogens (tertiary/aromatic N) is 3. The Morgan fingerprint density at radius 1 is 1.59 bits per heavy atom. The van der Waals surface area contributed by atoms with Crippen LogP contribution in [0.3, 0.4) is 0 Å². The molecule has 90 valence electrons. The Balaban J connectivity index is 2.23. The van der Waals surface area contributed by atoms with Crippen molar-refractivity contribution in [2.45, 2.75) is 6.42 Å². The summed E-state index contributed by atoms with van der Waals surface area (Å²) < 4.78 is 0. The van der Waals surface area contributed by atoms with Gasteiger partial charge in [-0.25, -0.2) is 9.97 Å². The third-order valence-electron chi connectivity index (χ3n) is 2.44. The number of nitrogens with one attached hydrogen (secondary N) is 1. The molecule has 0 saturated carbocycles. The Kier molecular flexibility index (Phi) is 3.48. The highest BCUT2D eigenvalue weighted by Gasteiger charge is 2.17. The Bertz CT molecular complexity index is 450. The number of nitrogens with two attached hydrogens (primary N) is 1. The topological polar surface area (TPSA) is 84.1 Å². The highest BCUT2D eigenvalue weighted by Crippen LogP contribution is 2.09. The van der Waals surface area contributed by atoms with E-state index in [4.69, 9.17) is 18.0 Å². The molecule has 1 aliphatic heterocycles. The maximum atomic E-state index is 11.4. The van der Waals surface area contributed by atoms with Gasteiger partial charge in [-0.2, -0.15) is 0 Å². The zero-order valence-corrected chi connectivity index (χ0v) is 10.0. The van der Waals surface area contributed by atoms with E-state index in [1.807, 2.05) is 4.90 Å². The molecule has 2 rings (SSSR count). The molecule has 0 bridgehead atoms. The van der Waals surface area contributed by atoms with E-state index in [2.05, 4.69) is 15.3 Å². The predicted molar refractivity (Wildman–Crippen MR) is 67.8 cm³/mol. The van der Waals surface area contributed by atoms with Gasteiger partial charge in [0, 0.05) is 19.3 Å². The van der Waals surface area contributed by atoms with Crippen LogP contribution in [0.15, 0.2) is 12.3 Å². The summed E-state index contributed by atoms with van der Waals surface area (Å²) in [6.45, 7) is 1.69. The van der Waals surface area contributed by atoms with E-state index >= 15 is 0 Å². The molecule has 1 amide bonds. The lowest BCUT2D eigenvalue weighted by molar-refractivity contribution is -0.119. The molecule has 0 atom stereocenters. The van der Waals surface area contributed by atoms with Gasteiger partial charge >= 0.3 is 0 Å². The molecule has 0 unspecified atom stereocenters. The number of hydrogen-bond acceptors (Lipinski definition) is 5. The molecule has 1 fully saturated rings. The van der Waals surface area contributed by atoms with E-state index in [1.54, 1.807) is 12.3 Å². The molecule has 3 N–H and O–H groups in total. The van der Waals surface area contributed by atoms with Gasteiger partial charge in [-0.1, -0.05) is 12.2 Å². The Labute approximate surface area is 104 Å². The summed E-state index contributed by atoms with van der Waals surface area (Å²) in [7, 11) is 0. The fourth-order valence-corrected chi connectivity index (χ4v) is 1.73. The van der Waals surface area contributed by atoms with Gasteiger partial charge in [-0.15, -0.1) is 0 Å². The van der Waals surface area contributed by atoms with Crippen LogP contribution in [0.5, 0.6) is 0 Å². The summed E-state index contributed by atoms with van der Waals surface area (Å²) >= 11 is 4.86. The van der Waals surface area contributed by atoms with Crippen molar-refractivity contribution < 1.29 is 4.79 Å². The lowest BCUT2D eigenvalue weighted by atomic mass is 10.4. The minimum absolute atomic E-state index is 0.0215. The van der Waals surface area contributed by atoms with Gasteiger partial charge in [0.1, 0.15) is 10.7 Å². The van der Waals surface area contributed by atoms with E-state index in [0.29, 0.717) is 18.2 Å². The number of anilines is 1. The van der Waals surface area contributed by atoms with Crippen LogP contribution in [-0.4, -0.2) is 40.5 Å². The van der Waals surface area contributed by atoms with Gasteiger partial charge in [0.05, 0.1) is 6.54 Å². The first-order valence-corrected chi connectivity index (χ1v) is 5.72. The van der Waals surface area contributed by atoms with Crippen LogP contribution in [0.25, 0.3) is 0 Å². The number of thiocarbonyl (C=S) groups is 1. The molecule has 1 aromatic heterocycles. The molecule has 17 heavy (non-hydrogen) atoms. The molecule has 1 saturated heterocycles. The summed E-state index contributed by atoms with van der Waals surface area (Å²) in [6, 6.07) is 1.66. The van der Waals surface area contributed by atoms with E-state index < -0.39 is 0 Å². The van der Waals surface area contributed by atoms with Crippen LogP contribution in [0.2, 0.25) is 0 Å². The van der Waals surface area contributed by atoms with E-state index in [1.165, 1.54) is 0 Å². The average Bonchev–Trinajstić information content (AvgIpc) is 2.54. The Morgan fingerprint density at radius 2 is 2.41 bits per heavy atom. The second-order valence-electron chi connectivity index (χ2n) is 3.73. The monoisotopic (exact) mass is 251 g/mol. The molecule has 1 aliphatic rings. The number of carbonyl (C=O) groups excluding carboxylic acids is 1. The van der Waals surface area contributed by atoms with Crippen LogP contribution in [0, 0.1) is 0 Å². The van der Waals surface area contributed by atoms with Crippen molar-refractivity contribution in [1.29, 1.82) is 0 Å². The van der Waals surface area contributed by atoms with Crippen LogP contribution in [-0.2, 0) is 4.79 Å². The van der Waals surface area contributed by atoms with Gasteiger partial charge < -0.3 is 16.0 Å². The largest absolute Gasteiger partial charge is 0.388 e. The van der Waals surface area contributed by atoms with Crippen LogP contribution < -0.4 is 16.0 Å². The first-order valence-electron chi connectivity index (χ1n) is 5.31. The summed E-state index contributed by atoms with van der Waals surface area (Å²) in [5.41, 5.74) is 6.04. The smallest absolute Gasteiger partial charge is 0.239 e. The molecular weight excluding hydrogens is 238 g/mol. The fraction of sp³-hybridized carbons (Fsp3) is 0.400. The maximum absolute atomic E-state index is 11.4. The van der Waals surface area contributed by atoms with Crippen molar-refractivity contribution in [2.24, 2.45) is 5.73 Å². The van der Waals surface area contributed by atoms with Crippen molar-refractivity contribution in [3.8, 4) is 0 Å². The minimum Gasteiger partial charge on any atom is -0.388 e. The number of amides is 1. The second kappa shape index (κ2) is 5.05. The summed E-state index contributed by atoms with van der Waals surface area (Å²) in [5, 5.41) is 2.79. The highest BCUT2D eigenvalue weighted by molar-refractivity contribution is 7.80. The van der Waals surface area contributed by atoms with E-state index in [9.17, 15) is 4.79 Å². The Morgan fingerprint density at radius 3 is 3.18 bits per heavy atom. The second-order valence-corrected chi connectivity index (χ2v) is 4.17. The fourth-order valence-electron chi connectivity index (χ4n) is 1.61. The zero-order chi connectivity index (χ0) is 12.3. The molecule has 0 radical (unpaired) electrons. The van der Waals surface area contributed by atoms with Gasteiger partial charge in [-0.05, 0) is 12.5 Å². The standard InChI is InChI=1S/C10H13N5OS/c11-9(17)7-2-4-13-10(14-7)15-5-1-3-12-8(16)6-15/h2,4H,1,3,5-6H2,(H2,11,17)(H,12,16). The third-order valence-corrected chi connectivity index (χ3v) is 2.65. The lowest BCUT2D eigenvalue weighted by Crippen LogP contribution is -2.34. The molecule has 0 aliphatic carbocycles. The third kappa shape index (κ3) is 2.88. The first kappa shape index (κ1) is 11.7. The quantitative estimate of drug-likeness (QED) is 0.685. The van der Waals surface area contributed by atoms with Crippen LogP contribution in [0.4, 0.5) is 5.95 Å². The SMILES string of the molecule is NC(=S)c1ccnc(N2CCCNC(=O)C2)n1. The first-order chi connectivity index (χ1) is 8.16.